The van der Waals surface area contributed by atoms with Gasteiger partial charge in [0.2, 0.25) is 10.0 Å². The van der Waals surface area contributed by atoms with Gasteiger partial charge < -0.3 is 10.1 Å². The molecule has 0 aliphatic heterocycles. The number of amides is 1. The van der Waals surface area contributed by atoms with Crippen LogP contribution in [0.15, 0.2) is 0 Å². The zero-order valence-electron chi connectivity index (χ0n) is 11.3. The minimum atomic E-state index is -3.22. The number of ether oxygens (including phenoxy) is 1. The minimum absolute atomic E-state index is 0.113. The van der Waals surface area contributed by atoms with Crippen LogP contribution in [0.4, 0.5) is 4.79 Å². The van der Waals surface area contributed by atoms with E-state index in [-0.39, 0.29) is 6.04 Å². The van der Waals surface area contributed by atoms with E-state index >= 15 is 0 Å². The number of sulfonamides is 1. The van der Waals surface area contributed by atoms with Crippen molar-refractivity contribution >= 4 is 16.1 Å². The van der Waals surface area contributed by atoms with Crippen molar-refractivity contribution in [3.05, 3.63) is 0 Å². The first-order valence-corrected chi connectivity index (χ1v) is 7.66. The Hall–Kier alpha value is -0.820. The topological polar surface area (TPSA) is 84.5 Å². The van der Waals surface area contributed by atoms with Crippen LogP contribution in [0.1, 0.15) is 40.5 Å². The summed E-state index contributed by atoms with van der Waals surface area (Å²) in [6.07, 6.45) is 0.384. The first-order valence-electron chi connectivity index (χ1n) is 6.12. The average Bonchev–Trinajstić information content (AvgIpc) is 2.06. The SMILES string of the molecule is CCNS(=O)(=O)C1CC(NC(=O)OC(C)(C)C)C1. The highest BCUT2D eigenvalue weighted by molar-refractivity contribution is 7.90. The molecule has 2 N–H and O–H groups in total. The molecule has 7 heteroatoms. The normalized spacial score (nSPS) is 24.2. The van der Waals surface area contributed by atoms with E-state index in [4.69, 9.17) is 4.74 Å². The van der Waals surface area contributed by atoms with Crippen molar-refractivity contribution in [3.8, 4) is 0 Å². The molecule has 0 spiro atoms. The number of hydrogen-bond acceptors (Lipinski definition) is 4. The Kier molecular flexibility index (Phi) is 4.61. The number of nitrogens with one attached hydrogen (secondary N) is 2. The summed E-state index contributed by atoms with van der Waals surface area (Å²) in [6, 6.07) is -0.113. The van der Waals surface area contributed by atoms with E-state index in [2.05, 4.69) is 10.0 Å². The molecule has 1 fully saturated rings. The van der Waals surface area contributed by atoms with E-state index in [1.165, 1.54) is 0 Å². The molecular weight excluding hydrogens is 256 g/mol. The van der Waals surface area contributed by atoms with Crippen LogP contribution in [-0.4, -0.2) is 37.9 Å². The molecule has 0 aromatic heterocycles. The molecule has 1 aliphatic rings. The third kappa shape index (κ3) is 4.45. The maximum atomic E-state index is 11.6. The van der Waals surface area contributed by atoms with E-state index in [1.807, 2.05) is 0 Å². The third-order valence-corrected chi connectivity index (χ3v) is 4.55. The summed E-state index contributed by atoms with van der Waals surface area (Å²) in [5, 5.41) is 2.26. The van der Waals surface area contributed by atoms with Crippen molar-refractivity contribution in [2.24, 2.45) is 0 Å². The Bertz CT molecular complexity index is 394. The maximum Gasteiger partial charge on any atom is 0.407 e. The lowest BCUT2D eigenvalue weighted by Gasteiger charge is -2.35. The molecule has 1 amide bonds. The second-order valence-electron chi connectivity index (χ2n) is 5.48. The molecule has 106 valence electrons. The predicted molar refractivity (Wildman–Crippen MR) is 68.8 cm³/mol. The molecule has 0 heterocycles. The summed E-state index contributed by atoms with van der Waals surface area (Å²) < 4.78 is 30.8. The first kappa shape index (κ1) is 15.2. The molecule has 18 heavy (non-hydrogen) atoms. The van der Waals surface area contributed by atoms with Crippen molar-refractivity contribution in [2.45, 2.75) is 57.4 Å². The zero-order chi connectivity index (χ0) is 14.0. The van der Waals surface area contributed by atoms with Crippen LogP contribution in [0, 0.1) is 0 Å². The van der Waals surface area contributed by atoms with E-state index < -0.39 is 27.0 Å². The van der Waals surface area contributed by atoms with E-state index in [9.17, 15) is 13.2 Å². The molecule has 1 saturated carbocycles. The minimum Gasteiger partial charge on any atom is -0.444 e. The van der Waals surface area contributed by atoms with Gasteiger partial charge in [0, 0.05) is 12.6 Å². The summed E-state index contributed by atoms with van der Waals surface area (Å²) in [5.74, 6) is 0. The van der Waals surface area contributed by atoms with Crippen LogP contribution in [0.2, 0.25) is 0 Å². The van der Waals surface area contributed by atoms with Crippen molar-refractivity contribution in [1.82, 2.24) is 10.0 Å². The van der Waals surface area contributed by atoms with Crippen LogP contribution in [0.3, 0.4) is 0 Å². The molecule has 0 aromatic carbocycles. The lowest BCUT2D eigenvalue weighted by molar-refractivity contribution is 0.0480. The third-order valence-electron chi connectivity index (χ3n) is 2.60. The van der Waals surface area contributed by atoms with Crippen LogP contribution < -0.4 is 10.0 Å². The van der Waals surface area contributed by atoms with Gasteiger partial charge in [-0.2, -0.15) is 0 Å². The standard InChI is InChI=1S/C11H22N2O4S/c1-5-12-18(15,16)9-6-8(7-9)13-10(14)17-11(2,3)4/h8-9,12H,5-7H2,1-4H3,(H,13,14). The zero-order valence-corrected chi connectivity index (χ0v) is 12.1. The van der Waals surface area contributed by atoms with Crippen LogP contribution >= 0.6 is 0 Å². The summed E-state index contributed by atoms with van der Waals surface area (Å²) in [4.78, 5) is 11.4. The number of carbonyl (C=O) groups excluding carboxylic acids is 1. The number of rotatable bonds is 4. The van der Waals surface area contributed by atoms with Gasteiger partial charge in [-0.1, -0.05) is 6.92 Å². The quantitative estimate of drug-likeness (QED) is 0.803. The lowest BCUT2D eigenvalue weighted by Crippen LogP contribution is -2.53. The largest absolute Gasteiger partial charge is 0.444 e. The van der Waals surface area contributed by atoms with E-state index in [0.29, 0.717) is 19.4 Å². The van der Waals surface area contributed by atoms with Crippen LogP contribution in [-0.2, 0) is 14.8 Å². The van der Waals surface area contributed by atoms with Gasteiger partial charge in [0.05, 0.1) is 5.25 Å². The van der Waals surface area contributed by atoms with Gasteiger partial charge in [-0.3, -0.25) is 0 Å². The molecule has 0 radical (unpaired) electrons. The highest BCUT2D eigenvalue weighted by Crippen LogP contribution is 2.26. The summed E-state index contributed by atoms with van der Waals surface area (Å²) in [6.45, 7) is 7.49. The fraction of sp³-hybridized carbons (Fsp3) is 0.909. The van der Waals surface area contributed by atoms with Gasteiger partial charge in [0.1, 0.15) is 5.60 Å². The van der Waals surface area contributed by atoms with E-state index in [0.717, 1.165) is 0 Å². The van der Waals surface area contributed by atoms with Crippen molar-refractivity contribution in [2.75, 3.05) is 6.54 Å². The Morgan fingerprint density at radius 1 is 1.33 bits per heavy atom. The van der Waals surface area contributed by atoms with Crippen molar-refractivity contribution in [1.29, 1.82) is 0 Å². The smallest absolute Gasteiger partial charge is 0.407 e. The Labute approximate surface area is 109 Å². The summed E-state index contributed by atoms with van der Waals surface area (Å²) >= 11 is 0. The molecule has 0 saturated heterocycles. The molecule has 1 aliphatic carbocycles. The number of hydrogen-bond donors (Lipinski definition) is 2. The highest BCUT2D eigenvalue weighted by Gasteiger charge is 2.39. The monoisotopic (exact) mass is 278 g/mol. The molecule has 6 nitrogen and oxygen atoms in total. The molecule has 0 aromatic rings. The van der Waals surface area contributed by atoms with Crippen LogP contribution in [0.25, 0.3) is 0 Å². The molecular formula is C11H22N2O4S. The van der Waals surface area contributed by atoms with Crippen molar-refractivity contribution < 1.29 is 17.9 Å². The predicted octanol–water partition coefficient (Wildman–Crippen LogP) is 0.981. The summed E-state index contributed by atoms with van der Waals surface area (Å²) in [7, 11) is -3.22. The van der Waals surface area contributed by atoms with Gasteiger partial charge >= 0.3 is 6.09 Å². The Balaban J connectivity index is 2.34. The van der Waals surface area contributed by atoms with Gasteiger partial charge in [0.15, 0.2) is 0 Å². The summed E-state index contributed by atoms with van der Waals surface area (Å²) in [5.41, 5.74) is -0.539. The second-order valence-corrected chi connectivity index (χ2v) is 7.52. The number of alkyl carbamates (subject to hydrolysis) is 1. The van der Waals surface area contributed by atoms with Gasteiger partial charge in [-0.05, 0) is 33.6 Å². The average molecular weight is 278 g/mol. The van der Waals surface area contributed by atoms with Crippen LogP contribution in [0.5, 0.6) is 0 Å². The fourth-order valence-corrected chi connectivity index (χ4v) is 3.34. The van der Waals surface area contributed by atoms with Gasteiger partial charge in [0.25, 0.3) is 0 Å². The maximum absolute atomic E-state index is 11.6. The number of carbonyl (C=O) groups is 1. The molecule has 0 atom stereocenters. The Morgan fingerprint density at radius 3 is 2.33 bits per heavy atom. The second kappa shape index (κ2) is 5.44. The van der Waals surface area contributed by atoms with E-state index in [1.54, 1.807) is 27.7 Å². The van der Waals surface area contributed by atoms with Gasteiger partial charge in [-0.25, -0.2) is 17.9 Å². The van der Waals surface area contributed by atoms with Crippen molar-refractivity contribution in [3.63, 3.8) is 0 Å². The first-order chi connectivity index (χ1) is 8.14. The molecule has 1 rings (SSSR count). The van der Waals surface area contributed by atoms with Gasteiger partial charge in [-0.15, -0.1) is 0 Å². The molecule has 0 unspecified atom stereocenters. The Morgan fingerprint density at radius 2 is 1.89 bits per heavy atom. The highest BCUT2D eigenvalue weighted by atomic mass is 32.2. The fourth-order valence-electron chi connectivity index (χ4n) is 1.73. The lowest BCUT2D eigenvalue weighted by atomic mass is 9.92. The molecule has 0 bridgehead atoms.